The summed E-state index contributed by atoms with van der Waals surface area (Å²) in [6.07, 6.45) is 4.94. The van der Waals surface area contributed by atoms with E-state index in [2.05, 4.69) is 15.3 Å². The second-order valence-corrected chi connectivity index (χ2v) is 9.11. The minimum Gasteiger partial charge on any atom is -0.486 e. The van der Waals surface area contributed by atoms with Crippen LogP contribution in [0.2, 0.25) is 0 Å². The molecule has 0 unspecified atom stereocenters. The molecule has 2 aromatic heterocycles. The summed E-state index contributed by atoms with van der Waals surface area (Å²) in [6, 6.07) is 7.15. The number of hydrogen-bond donors (Lipinski definition) is 2. The number of ether oxygens (including phenoxy) is 1. The predicted molar refractivity (Wildman–Crippen MR) is 119 cm³/mol. The zero-order valence-corrected chi connectivity index (χ0v) is 18.0. The van der Waals surface area contributed by atoms with Gasteiger partial charge in [-0.1, -0.05) is 0 Å². The highest BCUT2D eigenvalue weighted by Gasteiger charge is 2.27. The van der Waals surface area contributed by atoms with Gasteiger partial charge in [0, 0.05) is 17.0 Å². The summed E-state index contributed by atoms with van der Waals surface area (Å²) in [4.78, 5) is 45.9. The number of ketones is 1. The van der Waals surface area contributed by atoms with E-state index in [1.165, 1.54) is 16.2 Å². The van der Waals surface area contributed by atoms with E-state index >= 15 is 0 Å². The van der Waals surface area contributed by atoms with Crippen LogP contribution in [-0.2, 0) is 28.9 Å². The van der Waals surface area contributed by atoms with Crippen molar-refractivity contribution in [3.63, 3.8) is 0 Å². The third-order valence-electron chi connectivity index (χ3n) is 5.92. The van der Waals surface area contributed by atoms with E-state index in [0.29, 0.717) is 28.8 Å². The summed E-state index contributed by atoms with van der Waals surface area (Å²) in [5, 5.41) is 13.0. The van der Waals surface area contributed by atoms with Gasteiger partial charge in [-0.3, -0.25) is 14.4 Å². The van der Waals surface area contributed by atoms with Crippen LogP contribution in [0.25, 0.3) is 10.2 Å². The molecule has 162 valence electrons. The normalized spacial score (nSPS) is 15.9. The van der Waals surface area contributed by atoms with E-state index in [1.807, 2.05) is 6.07 Å². The van der Waals surface area contributed by atoms with Gasteiger partial charge in [-0.2, -0.15) is 5.26 Å². The fraction of sp³-hybridized carbons (Fsp3) is 0.348. The van der Waals surface area contributed by atoms with E-state index < -0.39 is 11.7 Å². The van der Waals surface area contributed by atoms with Crippen LogP contribution in [0.3, 0.4) is 0 Å². The number of thiophene rings is 1. The van der Waals surface area contributed by atoms with Crippen molar-refractivity contribution in [3.05, 3.63) is 50.4 Å². The monoisotopic (exact) mass is 448 g/mol. The van der Waals surface area contributed by atoms with Crippen molar-refractivity contribution in [3.8, 4) is 11.8 Å². The first kappa shape index (κ1) is 20.4. The van der Waals surface area contributed by atoms with Crippen LogP contribution in [0.15, 0.2) is 23.0 Å². The van der Waals surface area contributed by atoms with Crippen LogP contribution < -0.4 is 15.6 Å². The van der Waals surface area contributed by atoms with Gasteiger partial charge in [0.15, 0.2) is 11.7 Å². The highest BCUT2D eigenvalue weighted by atomic mass is 32.1. The summed E-state index contributed by atoms with van der Waals surface area (Å²) >= 11 is 1.48. The Morgan fingerprint density at radius 2 is 2.06 bits per heavy atom. The molecule has 3 aromatic rings. The van der Waals surface area contributed by atoms with Gasteiger partial charge >= 0.3 is 0 Å². The van der Waals surface area contributed by atoms with E-state index in [4.69, 9.17) is 4.74 Å². The van der Waals surface area contributed by atoms with Crippen molar-refractivity contribution in [2.24, 2.45) is 0 Å². The molecule has 0 radical (unpaired) electrons. The summed E-state index contributed by atoms with van der Waals surface area (Å²) in [5.41, 5.74) is 2.44. The molecule has 2 aliphatic rings. The summed E-state index contributed by atoms with van der Waals surface area (Å²) in [5.74, 6) is -1.19. The highest BCUT2D eigenvalue weighted by molar-refractivity contribution is 7.18. The number of amides is 1. The number of fused-ring (bicyclic) bond motifs is 4. The quantitative estimate of drug-likeness (QED) is 0.618. The van der Waals surface area contributed by atoms with Gasteiger partial charge < -0.3 is 15.0 Å². The van der Waals surface area contributed by atoms with Crippen LogP contribution in [-0.4, -0.2) is 28.3 Å². The number of H-pyrrole nitrogens is 1. The molecule has 1 aromatic carbocycles. The van der Waals surface area contributed by atoms with Gasteiger partial charge in [-0.05, 0) is 61.4 Å². The summed E-state index contributed by atoms with van der Waals surface area (Å²) in [7, 11) is 0. The molecule has 0 spiro atoms. The third-order valence-corrected chi connectivity index (χ3v) is 7.11. The van der Waals surface area contributed by atoms with E-state index in [1.54, 1.807) is 18.2 Å². The average molecular weight is 449 g/mol. The molecule has 2 N–H and O–H groups in total. The molecule has 1 aliphatic heterocycles. The Hall–Kier alpha value is -3.51. The molecule has 0 bridgehead atoms. The molecule has 1 aliphatic carbocycles. The topological polar surface area (TPSA) is 125 Å². The standard InChI is InChI=1S/C23H20N4O4S/c24-10-15(17(28)11-31-13-6-7-16-12(9-13)5-8-19(29)25-16)21-26-22(30)20-14-3-1-2-4-18(14)32-23(20)27-21/h6-7,9,15H,1-5,8,11H2,(H,25,29)(H,26,27,30)/t15-/m0/s1. The number of benzene rings is 1. The summed E-state index contributed by atoms with van der Waals surface area (Å²) < 4.78 is 5.62. The van der Waals surface area contributed by atoms with Gasteiger partial charge in [0.25, 0.3) is 5.56 Å². The molecule has 5 rings (SSSR count). The zero-order valence-electron chi connectivity index (χ0n) is 17.2. The van der Waals surface area contributed by atoms with Crippen LogP contribution in [0.5, 0.6) is 5.75 Å². The fourth-order valence-corrected chi connectivity index (χ4v) is 5.56. The Kier molecular flexibility index (Phi) is 5.23. The van der Waals surface area contributed by atoms with Crippen LogP contribution in [0, 0.1) is 11.3 Å². The Bertz CT molecular complexity index is 1350. The molecular weight excluding hydrogens is 428 g/mol. The number of aryl methyl sites for hydroxylation is 3. The lowest BCUT2D eigenvalue weighted by atomic mass is 9.97. The van der Waals surface area contributed by atoms with Crippen molar-refractivity contribution in [2.45, 2.75) is 44.4 Å². The van der Waals surface area contributed by atoms with Crippen LogP contribution in [0.1, 0.15) is 47.0 Å². The number of carbonyl (C=O) groups is 2. The van der Waals surface area contributed by atoms with E-state index in [9.17, 15) is 19.6 Å². The minimum absolute atomic E-state index is 0.0248. The van der Waals surface area contributed by atoms with Crippen molar-refractivity contribution in [1.29, 1.82) is 5.26 Å². The van der Waals surface area contributed by atoms with E-state index in [0.717, 1.165) is 42.5 Å². The maximum absolute atomic E-state index is 12.8. The number of nitrogens with zero attached hydrogens (tertiary/aromatic N) is 2. The third kappa shape index (κ3) is 3.67. The number of Topliss-reactive ketones (excluding diaryl/α,β-unsaturated/α-hetero) is 1. The maximum Gasteiger partial charge on any atom is 0.259 e. The SMILES string of the molecule is N#C[C@@H](C(=O)COc1ccc2c(c1)CCC(=O)N2)c1nc2sc3c(c2c(=O)[nH]1)CCCC3. The highest BCUT2D eigenvalue weighted by Crippen LogP contribution is 2.34. The molecular formula is C23H20N4O4S. The number of carbonyl (C=O) groups excluding carboxylic acids is 2. The molecule has 0 saturated carbocycles. The molecule has 1 amide bonds. The second-order valence-electron chi connectivity index (χ2n) is 8.03. The molecule has 0 saturated heterocycles. The van der Waals surface area contributed by atoms with Crippen LogP contribution >= 0.6 is 11.3 Å². The number of nitriles is 1. The minimum atomic E-state index is -1.22. The number of rotatable bonds is 5. The molecule has 32 heavy (non-hydrogen) atoms. The largest absolute Gasteiger partial charge is 0.486 e. The van der Waals surface area contributed by atoms with Gasteiger partial charge in [-0.25, -0.2) is 4.98 Å². The van der Waals surface area contributed by atoms with E-state index in [-0.39, 0.29) is 23.9 Å². The van der Waals surface area contributed by atoms with Gasteiger partial charge in [-0.15, -0.1) is 11.3 Å². The first-order chi connectivity index (χ1) is 15.5. The fourth-order valence-electron chi connectivity index (χ4n) is 4.29. The Labute approximate surface area is 187 Å². The average Bonchev–Trinajstić information content (AvgIpc) is 3.17. The molecule has 3 heterocycles. The lowest BCUT2D eigenvalue weighted by Crippen LogP contribution is -2.24. The zero-order chi connectivity index (χ0) is 22.2. The smallest absolute Gasteiger partial charge is 0.259 e. The van der Waals surface area contributed by atoms with Gasteiger partial charge in [0.05, 0.1) is 11.5 Å². The lowest BCUT2D eigenvalue weighted by Gasteiger charge is -2.17. The summed E-state index contributed by atoms with van der Waals surface area (Å²) in [6.45, 7) is -0.327. The molecule has 1 atom stereocenters. The van der Waals surface area contributed by atoms with Gasteiger partial charge in [0.1, 0.15) is 23.0 Å². The molecule has 0 fully saturated rings. The molecule has 9 heteroatoms. The maximum atomic E-state index is 12.8. The first-order valence-electron chi connectivity index (χ1n) is 10.6. The Morgan fingerprint density at radius 1 is 1.22 bits per heavy atom. The first-order valence-corrected chi connectivity index (χ1v) is 11.4. The second kappa shape index (κ2) is 8.20. The Morgan fingerprint density at radius 3 is 2.91 bits per heavy atom. The van der Waals surface area contributed by atoms with Crippen molar-refractivity contribution in [2.75, 3.05) is 11.9 Å². The molecule has 8 nitrogen and oxygen atoms in total. The van der Waals surface area contributed by atoms with Gasteiger partial charge in [0.2, 0.25) is 5.91 Å². The van der Waals surface area contributed by atoms with Crippen molar-refractivity contribution >= 4 is 38.9 Å². The lowest BCUT2D eigenvalue weighted by molar-refractivity contribution is -0.121. The Balaban J connectivity index is 1.35. The number of aromatic nitrogens is 2. The predicted octanol–water partition coefficient (Wildman–Crippen LogP) is 3.00. The van der Waals surface area contributed by atoms with Crippen molar-refractivity contribution in [1.82, 2.24) is 9.97 Å². The number of nitrogens with one attached hydrogen (secondary N) is 2. The number of aromatic amines is 1. The number of hydrogen-bond acceptors (Lipinski definition) is 7. The van der Waals surface area contributed by atoms with Crippen LogP contribution in [0.4, 0.5) is 5.69 Å². The number of anilines is 1. The van der Waals surface area contributed by atoms with Crippen molar-refractivity contribution < 1.29 is 14.3 Å².